The Kier molecular flexibility index (Phi) is 4.96. The van der Waals surface area contributed by atoms with Crippen LogP contribution in [0.4, 0.5) is 11.4 Å². The van der Waals surface area contributed by atoms with Crippen LogP contribution >= 0.6 is 0 Å². The van der Waals surface area contributed by atoms with Crippen LogP contribution in [0.2, 0.25) is 0 Å². The van der Waals surface area contributed by atoms with Gasteiger partial charge in [-0.1, -0.05) is 13.8 Å². The number of anilines is 2. The zero-order chi connectivity index (χ0) is 12.0. The van der Waals surface area contributed by atoms with Gasteiger partial charge < -0.3 is 15.8 Å². The van der Waals surface area contributed by atoms with Gasteiger partial charge in [-0.2, -0.15) is 0 Å². The first kappa shape index (κ1) is 12.7. The number of nitrogens with two attached hydrogens (primary N) is 1. The minimum atomic E-state index is 0.497. The summed E-state index contributed by atoms with van der Waals surface area (Å²) in [7, 11) is 0. The van der Waals surface area contributed by atoms with Crippen molar-refractivity contribution in [3.8, 4) is 5.75 Å². The fraction of sp³-hybridized carbons (Fsp3) is 0.538. The summed E-state index contributed by atoms with van der Waals surface area (Å²) < 4.78 is 5.46. The van der Waals surface area contributed by atoms with Crippen LogP contribution in [-0.4, -0.2) is 12.6 Å². The van der Waals surface area contributed by atoms with E-state index >= 15 is 0 Å². The van der Waals surface area contributed by atoms with Gasteiger partial charge in [0.2, 0.25) is 0 Å². The molecule has 0 heterocycles. The summed E-state index contributed by atoms with van der Waals surface area (Å²) in [5.74, 6) is 0.830. The summed E-state index contributed by atoms with van der Waals surface area (Å²) in [5, 5.41) is 3.46. The molecule has 0 bridgehead atoms. The number of nitrogens with one attached hydrogen (secondary N) is 1. The lowest BCUT2D eigenvalue weighted by Gasteiger charge is -2.17. The Morgan fingerprint density at radius 3 is 2.44 bits per heavy atom. The molecule has 3 heteroatoms. The second kappa shape index (κ2) is 6.26. The molecule has 1 aromatic carbocycles. The van der Waals surface area contributed by atoms with Crippen LogP contribution in [0.25, 0.3) is 0 Å². The highest BCUT2D eigenvalue weighted by atomic mass is 16.5. The maximum Gasteiger partial charge on any atom is 0.123 e. The Bertz CT molecular complexity index is 322. The maximum absolute atomic E-state index is 5.83. The van der Waals surface area contributed by atoms with E-state index in [2.05, 4.69) is 19.2 Å². The van der Waals surface area contributed by atoms with Gasteiger partial charge in [0.15, 0.2) is 0 Å². The second-order valence-corrected chi connectivity index (χ2v) is 3.88. The third kappa shape index (κ3) is 3.65. The minimum absolute atomic E-state index is 0.497. The number of rotatable bonds is 6. The van der Waals surface area contributed by atoms with E-state index in [9.17, 15) is 0 Å². The first-order valence-electron chi connectivity index (χ1n) is 5.99. The third-order valence-corrected chi connectivity index (χ3v) is 2.60. The van der Waals surface area contributed by atoms with Crippen molar-refractivity contribution in [2.24, 2.45) is 0 Å². The van der Waals surface area contributed by atoms with Gasteiger partial charge in [0.1, 0.15) is 5.75 Å². The molecule has 1 rings (SSSR count). The van der Waals surface area contributed by atoms with Crippen molar-refractivity contribution in [3.63, 3.8) is 0 Å². The summed E-state index contributed by atoms with van der Waals surface area (Å²) in [6.07, 6.45) is 2.21. The van der Waals surface area contributed by atoms with Crippen LogP contribution in [0.5, 0.6) is 5.75 Å². The van der Waals surface area contributed by atoms with Gasteiger partial charge in [-0.05, 0) is 25.8 Å². The molecule has 0 aliphatic carbocycles. The maximum atomic E-state index is 5.83. The molecule has 0 spiro atoms. The lowest BCUT2D eigenvalue weighted by molar-refractivity contribution is 0.340. The van der Waals surface area contributed by atoms with E-state index in [4.69, 9.17) is 10.5 Å². The predicted molar refractivity (Wildman–Crippen MR) is 70.0 cm³/mol. The normalized spacial score (nSPS) is 10.5. The molecule has 0 amide bonds. The van der Waals surface area contributed by atoms with Gasteiger partial charge in [-0.3, -0.25) is 0 Å². The van der Waals surface area contributed by atoms with Gasteiger partial charge in [-0.15, -0.1) is 0 Å². The largest absolute Gasteiger partial charge is 0.494 e. The van der Waals surface area contributed by atoms with Crippen LogP contribution in [0.1, 0.15) is 33.6 Å². The van der Waals surface area contributed by atoms with E-state index in [0.717, 1.165) is 30.0 Å². The van der Waals surface area contributed by atoms with Gasteiger partial charge in [0.05, 0.1) is 6.61 Å². The van der Waals surface area contributed by atoms with Crippen molar-refractivity contribution in [1.82, 2.24) is 0 Å². The summed E-state index contributed by atoms with van der Waals surface area (Å²) in [6.45, 7) is 6.99. The highest BCUT2D eigenvalue weighted by molar-refractivity contribution is 5.59. The third-order valence-electron chi connectivity index (χ3n) is 2.60. The van der Waals surface area contributed by atoms with E-state index in [1.54, 1.807) is 0 Å². The van der Waals surface area contributed by atoms with E-state index in [-0.39, 0.29) is 0 Å². The standard InChI is InChI=1S/C13H22N2O/c1-4-11(5-2)15-12-7-10(14)8-13(9-12)16-6-3/h7-9,11,15H,4-6,14H2,1-3H3. The number of hydrogen-bond acceptors (Lipinski definition) is 3. The predicted octanol–water partition coefficient (Wildman–Crippen LogP) is 3.27. The molecule has 3 N–H and O–H groups in total. The molecule has 0 aromatic heterocycles. The molecule has 1 aromatic rings. The molecule has 0 atom stereocenters. The molecule has 3 nitrogen and oxygen atoms in total. The highest BCUT2D eigenvalue weighted by Crippen LogP contribution is 2.23. The zero-order valence-electron chi connectivity index (χ0n) is 10.4. The Balaban J connectivity index is 2.78. The highest BCUT2D eigenvalue weighted by Gasteiger charge is 2.05. The summed E-state index contributed by atoms with van der Waals surface area (Å²) >= 11 is 0. The van der Waals surface area contributed by atoms with E-state index in [1.807, 2.05) is 25.1 Å². The molecule has 0 aliphatic rings. The number of nitrogen functional groups attached to an aromatic ring is 1. The Labute approximate surface area is 98.0 Å². The molecule has 0 unspecified atom stereocenters. The average Bonchev–Trinajstić information content (AvgIpc) is 2.25. The quantitative estimate of drug-likeness (QED) is 0.726. The fourth-order valence-electron chi connectivity index (χ4n) is 1.68. The molecule has 0 aliphatic heterocycles. The lowest BCUT2D eigenvalue weighted by atomic mass is 10.1. The van der Waals surface area contributed by atoms with Crippen LogP contribution in [0, 0.1) is 0 Å². The summed E-state index contributed by atoms with van der Waals surface area (Å²) in [4.78, 5) is 0. The van der Waals surface area contributed by atoms with Gasteiger partial charge >= 0.3 is 0 Å². The molecular weight excluding hydrogens is 200 g/mol. The van der Waals surface area contributed by atoms with Crippen molar-refractivity contribution in [1.29, 1.82) is 0 Å². The molecule has 0 radical (unpaired) electrons. The van der Waals surface area contributed by atoms with Crippen LogP contribution in [0.3, 0.4) is 0 Å². The monoisotopic (exact) mass is 222 g/mol. The Morgan fingerprint density at radius 1 is 1.19 bits per heavy atom. The van der Waals surface area contributed by atoms with E-state index in [0.29, 0.717) is 12.6 Å². The van der Waals surface area contributed by atoms with Crippen LogP contribution in [0.15, 0.2) is 18.2 Å². The zero-order valence-corrected chi connectivity index (χ0v) is 10.4. The lowest BCUT2D eigenvalue weighted by Crippen LogP contribution is -2.17. The SMILES string of the molecule is CCOc1cc(N)cc(NC(CC)CC)c1. The van der Waals surface area contributed by atoms with Gasteiger partial charge in [-0.25, -0.2) is 0 Å². The van der Waals surface area contributed by atoms with Crippen molar-refractivity contribution in [2.75, 3.05) is 17.7 Å². The Hall–Kier alpha value is -1.38. The van der Waals surface area contributed by atoms with Crippen molar-refractivity contribution in [3.05, 3.63) is 18.2 Å². The second-order valence-electron chi connectivity index (χ2n) is 3.88. The molecular formula is C13H22N2O. The first-order chi connectivity index (χ1) is 7.69. The van der Waals surface area contributed by atoms with Gasteiger partial charge in [0, 0.05) is 29.5 Å². The molecule has 0 fully saturated rings. The molecule has 90 valence electrons. The van der Waals surface area contributed by atoms with Gasteiger partial charge in [0.25, 0.3) is 0 Å². The van der Waals surface area contributed by atoms with Crippen LogP contribution in [-0.2, 0) is 0 Å². The van der Waals surface area contributed by atoms with Crippen molar-refractivity contribution in [2.45, 2.75) is 39.7 Å². The number of ether oxygens (including phenoxy) is 1. The smallest absolute Gasteiger partial charge is 0.123 e. The van der Waals surface area contributed by atoms with Crippen molar-refractivity contribution < 1.29 is 4.74 Å². The molecule has 16 heavy (non-hydrogen) atoms. The summed E-state index contributed by atoms with van der Waals surface area (Å²) in [6, 6.07) is 6.29. The first-order valence-corrected chi connectivity index (χ1v) is 5.99. The molecule has 0 saturated carbocycles. The number of hydrogen-bond donors (Lipinski definition) is 2. The van der Waals surface area contributed by atoms with E-state index < -0.39 is 0 Å². The Morgan fingerprint density at radius 2 is 1.88 bits per heavy atom. The topological polar surface area (TPSA) is 47.3 Å². The fourth-order valence-corrected chi connectivity index (χ4v) is 1.68. The molecule has 0 saturated heterocycles. The van der Waals surface area contributed by atoms with Crippen LogP contribution < -0.4 is 15.8 Å². The van der Waals surface area contributed by atoms with Crippen molar-refractivity contribution >= 4 is 11.4 Å². The summed E-state index contributed by atoms with van der Waals surface area (Å²) in [5.41, 5.74) is 7.60. The van der Waals surface area contributed by atoms with E-state index in [1.165, 1.54) is 0 Å². The minimum Gasteiger partial charge on any atom is -0.494 e. The number of benzene rings is 1. The average molecular weight is 222 g/mol.